The predicted octanol–water partition coefficient (Wildman–Crippen LogP) is 4.43. The lowest BCUT2D eigenvalue weighted by molar-refractivity contribution is 0.334. The zero-order valence-corrected chi connectivity index (χ0v) is 13.4. The highest BCUT2D eigenvalue weighted by atomic mass is 79.9. The van der Waals surface area contributed by atoms with Crippen molar-refractivity contribution in [2.24, 2.45) is 0 Å². The Morgan fingerprint density at radius 3 is 2.65 bits per heavy atom. The van der Waals surface area contributed by atoms with Gasteiger partial charge in [-0.1, -0.05) is 53.7 Å². The number of halogens is 1. The molecule has 0 radical (unpaired) electrons. The summed E-state index contributed by atoms with van der Waals surface area (Å²) in [5, 5.41) is 13.5. The Bertz CT molecular complexity index is 526. The molecule has 1 aromatic rings. The number of hydrogen-bond acceptors (Lipinski definition) is 2. The second kappa shape index (κ2) is 5.87. The van der Waals surface area contributed by atoms with Gasteiger partial charge >= 0.3 is 0 Å². The third kappa shape index (κ3) is 2.52. The average Bonchev–Trinajstić information content (AvgIpc) is 2.65. The third-order valence-electron chi connectivity index (χ3n) is 4.83. The summed E-state index contributed by atoms with van der Waals surface area (Å²) >= 11 is 3.63. The van der Waals surface area contributed by atoms with Crippen LogP contribution in [0, 0.1) is 11.3 Å². The van der Waals surface area contributed by atoms with Crippen LogP contribution in [0.15, 0.2) is 22.7 Å². The molecule has 1 N–H and O–H groups in total. The second-order valence-corrected chi connectivity index (χ2v) is 6.97. The number of nitriles is 1. The van der Waals surface area contributed by atoms with E-state index in [1.165, 1.54) is 49.7 Å². The van der Waals surface area contributed by atoms with E-state index in [-0.39, 0.29) is 0 Å². The van der Waals surface area contributed by atoms with Gasteiger partial charge in [0.25, 0.3) is 0 Å². The maximum atomic E-state index is 9.83. The fourth-order valence-electron chi connectivity index (χ4n) is 3.73. The van der Waals surface area contributed by atoms with Gasteiger partial charge in [-0.05, 0) is 42.9 Å². The lowest BCUT2D eigenvalue weighted by atomic mass is 9.91. The first-order valence-corrected chi connectivity index (χ1v) is 8.51. The Morgan fingerprint density at radius 2 is 1.95 bits per heavy atom. The first-order chi connectivity index (χ1) is 9.75. The maximum absolute atomic E-state index is 9.83. The zero-order chi connectivity index (χ0) is 14.0. The number of nitrogens with zero attached hydrogens (tertiary/aromatic N) is 1. The van der Waals surface area contributed by atoms with Crippen LogP contribution in [-0.4, -0.2) is 6.04 Å². The van der Waals surface area contributed by atoms with Crippen LogP contribution in [0.5, 0.6) is 0 Å². The van der Waals surface area contributed by atoms with E-state index in [0.29, 0.717) is 6.04 Å². The molecule has 0 aromatic heterocycles. The van der Waals surface area contributed by atoms with E-state index in [1.807, 2.05) is 0 Å². The summed E-state index contributed by atoms with van der Waals surface area (Å²) in [4.78, 5) is 0. The molecule has 0 amide bonds. The normalized spacial score (nSPS) is 26.8. The SMILES string of the molecule is N#CC1(NC2CCCCCC2)CCc2c(Br)cccc21. The molecule has 0 heterocycles. The third-order valence-corrected chi connectivity index (χ3v) is 5.57. The molecule has 2 aliphatic rings. The van der Waals surface area contributed by atoms with Gasteiger partial charge in [0.05, 0.1) is 6.07 Å². The van der Waals surface area contributed by atoms with E-state index in [0.717, 1.165) is 17.3 Å². The fourth-order valence-corrected chi connectivity index (χ4v) is 4.29. The summed E-state index contributed by atoms with van der Waals surface area (Å²) in [6, 6.07) is 9.36. The largest absolute Gasteiger partial charge is 0.293 e. The van der Waals surface area contributed by atoms with E-state index in [1.54, 1.807) is 0 Å². The van der Waals surface area contributed by atoms with Gasteiger partial charge in [0, 0.05) is 10.5 Å². The molecule has 3 heteroatoms. The van der Waals surface area contributed by atoms with Crippen molar-refractivity contribution in [2.45, 2.75) is 62.9 Å². The molecular formula is C17H21BrN2. The van der Waals surface area contributed by atoms with Crippen molar-refractivity contribution < 1.29 is 0 Å². The van der Waals surface area contributed by atoms with E-state index < -0.39 is 5.54 Å². The van der Waals surface area contributed by atoms with Gasteiger partial charge in [-0.3, -0.25) is 5.32 Å². The maximum Gasteiger partial charge on any atom is 0.133 e. The summed E-state index contributed by atoms with van der Waals surface area (Å²) in [6.07, 6.45) is 9.61. The van der Waals surface area contributed by atoms with Gasteiger partial charge in [-0.15, -0.1) is 0 Å². The predicted molar refractivity (Wildman–Crippen MR) is 84.4 cm³/mol. The summed E-state index contributed by atoms with van der Waals surface area (Å²) < 4.78 is 1.15. The molecule has 1 aromatic carbocycles. The number of rotatable bonds is 2. The van der Waals surface area contributed by atoms with Gasteiger partial charge in [0.2, 0.25) is 0 Å². The van der Waals surface area contributed by atoms with Crippen molar-refractivity contribution in [3.05, 3.63) is 33.8 Å². The van der Waals surface area contributed by atoms with Crippen LogP contribution in [0.25, 0.3) is 0 Å². The van der Waals surface area contributed by atoms with Gasteiger partial charge in [-0.2, -0.15) is 5.26 Å². The Hall–Kier alpha value is -0.850. The zero-order valence-electron chi connectivity index (χ0n) is 11.8. The van der Waals surface area contributed by atoms with E-state index in [4.69, 9.17) is 0 Å². The smallest absolute Gasteiger partial charge is 0.133 e. The number of nitrogens with one attached hydrogen (secondary N) is 1. The summed E-state index contributed by atoms with van der Waals surface area (Å²) in [7, 11) is 0. The summed E-state index contributed by atoms with van der Waals surface area (Å²) in [5.41, 5.74) is 2.04. The minimum atomic E-state index is -0.464. The molecule has 0 spiro atoms. The van der Waals surface area contributed by atoms with Crippen molar-refractivity contribution in [3.63, 3.8) is 0 Å². The monoisotopic (exact) mass is 332 g/mol. The highest BCUT2D eigenvalue weighted by molar-refractivity contribution is 9.10. The topological polar surface area (TPSA) is 35.8 Å². The Kier molecular flexibility index (Phi) is 4.14. The van der Waals surface area contributed by atoms with Gasteiger partial charge in [0.15, 0.2) is 0 Å². The van der Waals surface area contributed by atoms with Crippen molar-refractivity contribution in [1.29, 1.82) is 5.26 Å². The van der Waals surface area contributed by atoms with Crippen molar-refractivity contribution in [2.75, 3.05) is 0 Å². The van der Waals surface area contributed by atoms with Gasteiger partial charge < -0.3 is 0 Å². The minimum absolute atomic E-state index is 0.464. The molecule has 2 aliphatic carbocycles. The van der Waals surface area contributed by atoms with Crippen LogP contribution in [0.2, 0.25) is 0 Å². The molecule has 0 saturated heterocycles. The lowest BCUT2D eigenvalue weighted by Gasteiger charge is -2.30. The minimum Gasteiger partial charge on any atom is -0.293 e. The number of benzene rings is 1. The molecule has 1 atom stereocenters. The van der Waals surface area contributed by atoms with E-state index >= 15 is 0 Å². The molecule has 0 aliphatic heterocycles. The van der Waals surface area contributed by atoms with Crippen LogP contribution >= 0.6 is 15.9 Å². The molecule has 0 bridgehead atoms. The van der Waals surface area contributed by atoms with Crippen LogP contribution in [-0.2, 0) is 12.0 Å². The van der Waals surface area contributed by atoms with Crippen LogP contribution in [0.3, 0.4) is 0 Å². The molecule has 3 rings (SSSR count). The number of hydrogen-bond donors (Lipinski definition) is 1. The van der Waals surface area contributed by atoms with E-state index in [2.05, 4.69) is 45.5 Å². The van der Waals surface area contributed by atoms with E-state index in [9.17, 15) is 5.26 Å². The number of fused-ring (bicyclic) bond motifs is 1. The summed E-state index contributed by atoms with van der Waals surface area (Å²) in [6.45, 7) is 0. The highest BCUT2D eigenvalue weighted by Crippen LogP contribution is 2.40. The molecule has 1 fully saturated rings. The van der Waals surface area contributed by atoms with Gasteiger partial charge in [0.1, 0.15) is 5.54 Å². The second-order valence-electron chi connectivity index (χ2n) is 6.12. The van der Waals surface area contributed by atoms with Crippen LogP contribution < -0.4 is 5.32 Å². The molecule has 2 nitrogen and oxygen atoms in total. The fraction of sp³-hybridized carbons (Fsp3) is 0.588. The van der Waals surface area contributed by atoms with Crippen molar-refractivity contribution in [1.82, 2.24) is 5.32 Å². The standard InChI is InChI=1S/C17H21BrN2/c18-16-9-5-8-15-14(16)10-11-17(15,12-19)20-13-6-3-1-2-4-7-13/h5,8-9,13,20H,1-4,6-7,10-11H2. The van der Waals surface area contributed by atoms with Crippen LogP contribution in [0.1, 0.15) is 56.1 Å². The molecule has 1 unspecified atom stereocenters. The molecule has 20 heavy (non-hydrogen) atoms. The molecule has 106 valence electrons. The van der Waals surface area contributed by atoms with Crippen molar-refractivity contribution >= 4 is 15.9 Å². The van der Waals surface area contributed by atoms with Gasteiger partial charge in [-0.25, -0.2) is 0 Å². The first-order valence-electron chi connectivity index (χ1n) is 7.72. The quantitative estimate of drug-likeness (QED) is 0.813. The van der Waals surface area contributed by atoms with Crippen LogP contribution in [0.4, 0.5) is 0 Å². The Balaban J connectivity index is 1.87. The first kappa shape index (κ1) is 14.1. The van der Waals surface area contributed by atoms with Crippen molar-refractivity contribution in [3.8, 4) is 6.07 Å². The Morgan fingerprint density at radius 1 is 1.20 bits per heavy atom. The average molecular weight is 333 g/mol. The summed E-state index contributed by atoms with van der Waals surface area (Å²) in [5.74, 6) is 0. The lowest BCUT2D eigenvalue weighted by Crippen LogP contribution is -2.45. The Labute approximate surface area is 129 Å². The molecular weight excluding hydrogens is 312 g/mol. The highest BCUT2D eigenvalue weighted by Gasteiger charge is 2.41. The molecule has 1 saturated carbocycles.